The fourth-order valence-electron chi connectivity index (χ4n) is 3.36. The smallest absolute Gasteiger partial charge is 0.320 e. The van der Waals surface area contributed by atoms with Gasteiger partial charge in [0.05, 0.1) is 18.6 Å². The Kier molecular flexibility index (Phi) is 8.61. The number of aromatic nitrogens is 1. The summed E-state index contributed by atoms with van der Waals surface area (Å²) in [7, 11) is 0. The highest BCUT2D eigenvalue weighted by molar-refractivity contribution is 5.92. The summed E-state index contributed by atoms with van der Waals surface area (Å²) in [5, 5.41) is 1.03. The first-order valence-corrected chi connectivity index (χ1v) is 11.1. The van der Waals surface area contributed by atoms with Crippen LogP contribution in [-0.2, 0) is 19.1 Å². The van der Waals surface area contributed by atoms with E-state index in [4.69, 9.17) is 9.47 Å². The Balaban J connectivity index is 1.90. The van der Waals surface area contributed by atoms with Crippen molar-refractivity contribution in [1.82, 2.24) is 9.47 Å². The molecule has 1 aromatic carbocycles. The number of nitrogens with zero attached hydrogens (tertiary/aromatic N) is 2. The van der Waals surface area contributed by atoms with Crippen molar-refractivity contribution in [2.24, 2.45) is 0 Å². The Morgan fingerprint density at radius 2 is 1.41 bits per heavy atom. The zero-order valence-electron chi connectivity index (χ0n) is 20.1. The van der Waals surface area contributed by atoms with Crippen molar-refractivity contribution in [1.29, 1.82) is 0 Å². The number of unbranched alkanes of at least 4 members (excludes halogenated alkanes) is 1. The molecule has 0 saturated heterocycles. The lowest BCUT2D eigenvalue weighted by Gasteiger charge is -2.26. The molecule has 0 bridgehead atoms. The van der Waals surface area contributed by atoms with E-state index in [0.717, 1.165) is 10.9 Å². The van der Waals surface area contributed by atoms with Crippen LogP contribution in [0.4, 0.5) is 0 Å². The van der Waals surface area contributed by atoms with Crippen LogP contribution in [0.5, 0.6) is 0 Å². The van der Waals surface area contributed by atoms with E-state index in [1.54, 1.807) is 57.2 Å². The van der Waals surface area contributed by atoms with Crippen molar-refractivity contribution >= 4 is 28.7 Å². The molecule has 0 aliphatic heterocycles. The Hall–Kier alpha value is -2.67. The first kappa shape index (κ1) is 25.6. The van der Waals surface area contributed by atoms with Crippen LogP contribution in [0, 0.1) is 0 Å². The highest BCUT2D eigenvalue weighted by atomic mass is 16.6. The molecule has 176 valence electrons. The zero-order valence-corrected chi connectivity index (χ0v) is 20.1. The van der Waals surface area contributed by atoms with Gasteiger partial charge in [-0.2, -0.15) is 0 Å². The van der Waals surface area contributed by atoms with E-state index >= 15 is 0 Å². The number of carbonyl (C=O) groups is 3. The van der Waals surface area contributed by atoms with Gasteiger partial charge in [0, 0.05) is 18.0 Å². The maximum Gasteiger partial charge on any atom is 0.320 e. The van der Waals surface area contributed by atoms with E-state index in [-0.39, 0.29) is 19.0 Å². The van der Waals surface area contributed by atoms with Gasteiger partial charge < -0.3 is 9.47 Å². The van der Waals surface area contributed by atoms with Gasteiger partial charge in [-0.3, -0.25) is 23.9 Å². The highest BCUT2D eigenvalue weighted by Crippen LogP contribution is 2.16. The molecule has 0 unspecified atom stereocenters. The van der Waals surface area contributed by atoms with Gasteiger partial charge >= 0.3 is 11.9 Å². The van der Waals surface area contributed by atoms with Gasteiger partial charge in [0.1, 0.15) is 11.2 Å². The van der Waals surface area contributed by atoms with Crippen LogP contribution in [-0.4, -0.2) is 58.1 Å². The van der Waals surface area contributed by atoms with Crippen molar-refractivity contribution < 1.29 is 23.9 Å². The van der Waals surface area contributed by atoms with Crippen molar-refractivity contribution in [3.8, 4) is 0 Å². The lowest BCUT2D eigenvalue weighted by molar-refractivity contribution is -0.159. The standard InChI is InChI=1S/C25H36N2O5/c1-24(2,3)31-22(29)17-26(18-23(30)32-25(4,5)6)15-10-9-13-21(28)27-16-14-19-11-7-8-12-20(19)27/h7-8,11-12,14,16H,9-10,13,15,17-18H2,1-6H3. The molecular formula is C25H36N2O5. The molecule has 2 aromatic rings. The average Bonchev–Trinajstić information content (AvgIpc) is 3.06. The third kappa shape index (κ3) is 8.83. The van der Waals surface area contributed by atoms with Gasteiger partial charge in [-0.05, 0) is 73.1 Å². The van der Waals surface area contributed by atoms with E-state index in [2.05, 4.69) is 0 Å². The predicted octanol–water partition coefficient (Wildman–Crippen LogP) is 4.44. The molecular weight excluding hydrogens is 408 g/mol. The Morgan fingerprint density at radius 3 is 1.97 bits per heavy atom. The Morgan fingerprint density at radius 1 is 0.844 bits per heavy atom. The van der Waals surface area contributed by atoms with Crippen LogP contribution < -0.4 is 0 Å². The molecule has 0 saturated carbocycles. The average molecular weight is 445 g/mol. The molecule has 32 heavy (non-hydrogen) atoms. The minimum Gasteiger partial charge on any atom is -0.459 e. The summed E-state index contributed by atoms with van der Waals surface area (Å²) in [6.45, 7) is 11.3. The second-order valence-corrected chi connectivity index (χ2v) is 9.98. The zero-order chi connectivity index (χ0) is 23.9. The lowest BCUT2D eigenvalue weighted by Crippen LogP contribution is -2.40. The van der Waals surface area contributed by atoms with Gasteiger partial charge in [0.25, 0.3) is 0 Å². The largest absolute Gasteiger partial charge is 0.459 e. The maximum atomic E-state index is 12.6. The van der Waals surface area contributed by atoms with Crippen molar-refractivity contribution in [3.05, 3.63) is 36.5 Å². The monoisotopic (exact) mass is 444 g/mol. The third-order valence-corrected chi connectivity index (χ3v) is 4.53. The molecule has 1 aromatic heterocycles. The number of benzene rings is 1. The maximum absolute atomic E-state index is 12.6. The Labute approximate surface area is 190 Å². The number of carbonyl (C=O) groups excluding carboxylic acids is 3. The number of rotatable bonds is 9. The van der Waals surface area contributed by atoms with Gasteiger partial charge in [-0.25, -0.2) is 0 Å². The van der Waals surface area contributed by atoms with Gasteiger partial charge in [0.2, 0.25) is 5.91 Å². The molecule has 1 heterocycles. The van der Waals surface area contributed by atoms with Gasteiger partial charge in [0.15, 0.2) is 0 Å². The summed E-state index contributed by atoms with van der Waals surface area (Å²) < 4.78 is 12.5. The van der Waals surface area contributed by atoms with E-state index in [1.807, 2.05) is 30.3 Å². The van der Waals surface area contributed by atoms with E-state index in [9.17, 15) is 14.4 Å². The summed E-state index contributed by atoms with van der Waals surface area (Å²) >= 11 is 0. The second kappa shape index (κ2) is 10.8. The fraction of sp³-hybridized carbons (Fsp3) is 0.560. The summed E-state index contributed by atoms with van der Waals surface area (Å²) in [6.07, 6.45) is 3.48. The molecule has 0 spiro atoms. The number of ether oxygens (including phenoxy) is 2. The number of fused-ring (bicyclic) bond motifs is 1. The summed E-state index contributed by atoms with van der Waals surface area (Å²) in [5.74, 6) is -0.760. The summed E-state index contributed by atoms with van der Waals surface area (Å²) in [4.78, 5) is 38.9. The predicted molar refractivity (Wildman–Crippen MR) is 125 cm³/mol. The highest BCUT2D eigenvalue weighted by Gasteiger charge is 2.23. The fourth-order valence-corrected chi connectivity index (χ4v) is 3.36. The number of hydrogen-bond donors (Lipinski definition) is 0. The Bertz CT molecular complexity index is 904. The third-order valence-electron chi connectivity index (χ3n) is 4.53. The van der Waals surface area contributed by atoms with Gasteiger partial charge in [-0.1, -0.05) is 18.2 Å². The molecule has 2 rings (SSSR count). The molecule has 0 atom stereocenters. The summed E-state index contributed by atoms with van der Waals surface area (Å²) in [5.41, 5.74) is -0.296. The second-order valence-electron chi connectivity index (χ2n) is 9.98. The molecule has 0 amide bonds. The number of para-hydroxylation sites is 1. The molecule has 7 nitrogen and oxygen atoms in total. The van der Waals surface area contributed by atoms with E-state index in [1.165, 1.54) is 0 Å². The summed E-state index contributed by atoms with van der Waals surface area (Å²) in [6, 6.07) is 9.69. The van der Waals surface area contributed by atoms with Crippen LogP contribution in [0.15, 0.2) is 36.5 Å². The minimum absolute atomic E-state index is 0.00724. The molecule has 0 radical (unpaired) electrons. The molecule has 0 N–H and O–H groups in total. The van der Waals surface area contributed by atoms with Gasteiger partial charge in [-0.15, -0.1) is 0 Å². The van der Waals surface area contributed by atoms with Crippen molar-refractivity contribution in [3.63, 3.8) is 0 Å². The molecule has 0 fully saturated rings. The van der Waals surface area contributed by atoms with Crippen LogP contribution in [0.2, 0.25) is 0 Å². The topological polar surface area (TPSA) is 77.8 Å². The quantitative estimate of drug-likeness (QED) is 0.420. The molecule has 7 heteroatoms. The van der Waals surface area contributed by atoms with E-state index < -0.39 is 23.1 Å². The number of hydrogen-bond acceptors (Lipinski definition) is 6. The van der Waals surface area contributed by atoms with Crippen LogP contribution in [0.3, 0.4) is 0 Å². The van der Waals surface area contributed by atoms with Crippen LogP contribution in [0.25, 0.3) is 10.9 Å². The first-order valence-electron chi connectivity index (χ1n) is 11.1. The molecule has 0 aliphatic rings. The normalized spacial score (nSPS) is 12.2. The lowest BCUT2D eigenvalue weighted by atomic mass is 10.2. The van der Waals surface area contributed by atoms with Crippen LogP contribution >= 0.6 is 0 Å². The van der Waals surface area contributed by atoms with Crippen LogP contribution in [0.1, 0.15) is 65.6 Å². The molecule has 0 aliphatic carbocycles. The van der Waals surface area contributed by atoms with E-state index in [0.29, 0.717) is 25.8 Å². The number of esters is 2. The van der Waals surface area contributed by atoms with Crippen molar-refractivity contribution in [2.75, 3.05) is 19.6 Å². The van der Waals surface area contributed by atoms with Crippen molar-refractivity contribution in [2.45, 2.75) is 72.0 Å². The SMILES string of the molecule is CC(C)(C)OC(=O)CN(CCCCC(=O)n1ccc2ccccc21)CC(=O)OC(C)(C)C. The minimum atomic E-state index is -0.597. The first-order chi connectivity index (χ1) is 14.8.